The van der Waals surface area contributed by atoms with Crippen LogP contribution in [0.5, 0.6) is 0 Å². The Kier molecular flexibility index (Phi) is 3.34. The number of nitrogens with two attached hydrogens (primary N) is 1. The van der Waals surface area contributed by atoms with Gasteiger partial charge in [0.25, 0.3) is 5.91 Å². The van der Waals surface area contributed by atoms with E-state index >= 15 is 0 Å². The third kappa shape index (κ3) is 1.95. The molecule has 2 N–H and O–H groups in total. The van der Waals surface area contributed by atoms with Crippen LogP contribution in [0.25, 0.3) is 0 Å². The highest BCUT2D eigenvalue weighted by Crippen LogP contribution is 2.17. The van der Waals surface area contributed by atoms with Crippen LogP contribution in [0, 0.1) is 6.92 Å². The van der Waals surface area contributed by atoms with Crippen molar-refractivity contribution in [3.8, 4) is 0 Å². The number of nitrogens with zero attached hydrogens (tertiary/aromatic N) is 3. The number of anilines is 1. The number of rotatable bonds is 3. The molecule has 1 rings (SSSR count). The minimum absolute atomic E-state index is 0.0550. The molecule has 15 heavy (non-hydrogen) atoms. The highest BCUT2D eigenvalue weighted by Gasteiger charge is 2.21. The molecule has 0 bridgehead atoms. The Morgan fingerprint density at radius 1 is 1.47 bits per heavy atom. The van der Waals surface area contributed by atoms with Crippen molar-refractivity contribution in [2.45, 2.75) is 20.8 Å². The zero-order chi connectivity index (χ0) is 11.6. The summed E-state index contributed by atoms with van der Waals surface area (Å²) in [5, 5.41) is 4.13. The predicted molar refractivity (Wildman–Crippen MR) is 59.6 cm³/mol. The van der Waals surface area contributed by atoms with Crippen molar-refractivity contribution in [1.82, 2.24) is 14.7 Å². The van der Waals surface area contributed by atoms with Crippen molar-refractivity contribution in [3.63, 3.8) is 0 Å². The maximum absolute atomic E-state index is 12.0. The molecule has 0 saturated carbocycles. The summed E-state index contributed by atoms with van der Waals surface area (Å²) in [5.41, 5.74) is 7.49. The van der Waals surface area contributed by atoms with E-state index in [0.29, 0.717) is 30.2 Å². The molecule has 1 aromatic heterocycles. The number of carbonyl (C=O) groups is 1. The maximum atomic E-state index is 12.0. The quantitative estimate of drug-likeness (QED) is 0.802. The zero-order valence-corrected chi connectivity index (χ0v) is 9.74. The first-order valence-corrected chi connectivity index (χ1v) is 5.11. The van der Waals surface area contributed by atoms with Gasteiger partial charge in [-0.3, -0.25) is 9.48 Å². The second-order valence-corrected chi connectivity index (χ2v) is 3.45. The molecule has 0 spiro atoms. The molecule has 0 unspecified atom stereocenters. The van der Waals surface area contributed by atoms with Crippen LogP contribution in [0.3, 0.4) is 0 Å². The van der Waals surface area contributed by atoms with Crippen molar-refractivity contribution in [2.75, 3.05) is 18.8 Å². The summed E-state index contributed by atoms with van der Waals surface area (Å²) in [7, 11) is 1.74. The highest BCUT2D eigenvalue weighted by atomic mass is 16.2. The number of hydrogen-bond donors (Lipinski definition) is 1. The van der Waals surface area contributed by atoms with Crippen LogP contribution in [-0.4, -0.2) is 33.7 Å². The Labute approximate surface area is 89.9 Å². The molecule has 5 heteroatoms. The van der Waals surface area contributed by atoms with Crippen molar-refractivity contribution in [3.05, 3.63) is 11.4 Å². The molecule has 0 radical (unpaired) electrons. The van der Waals surface area contributed by atoms with Crippen LogP contribution in [0.1, 0.15) is 30.0 Å². The highest BCUT2D eigenvalue weighted by molar-refractivity contribution is 5.97. The fourth-order valence-corrected chi connectivity index (χ4v) is 1.59. The largest absolute Gasteiger partial charge is 0.395 e. The van der Waals surface area contributed by atoms with Crippen LogP contribution in [0.15, 0.2) is 0 Å². The molecule has 0 aliphatic heterocycles. The molecular weight excluding hydrogens is 192 g/mol. The third-order valence-electron chi connectivity index (χ3n) is 2.52. The van der Waals surface area contributed by atoms with Crippen molar-refractivity contribution in [2.24, 2.45) is 7.05 Å². The number of aryl methyl sites for hydroxylation is 2. The van der Waals surface area contributed by atoms with Gasteiger partial charge in [0.15, 0.2) is 0 Å². The summed E-state index contributed by atoms with van der Waals surface area (Å²) in [6.45, 7) is 7.05. The zero-order valence-electron chi connectivity index (χ0n) is 9.74. The van der Waals surface area contributed by atoms with Gasteiger partial charge in [0.2, 0.25) is 0 Å². The summed E-state index contributed by atoms with van der Waals surface area (Å²) in [4.78, 5) is 13.8. The molecule has 0 aliphatic carbocycles. The number of aromatic nitrogens is 2. The Morgan fingerprint density at radius 3 is 2.33 bits per heavy atom. The van der Waals surface area contributed by atoms with Gasteiger partial charge in [-0.2, -0.15) is 5.10 Å². The number of carbonyl (C=O) groups excluding carboxylic acids is 1. The average Bonchev–Trinajstić information content (AvgIpc) is 2.43. The van der Waals surface area contributed by atoms with Crippen molar-refractivity contribution >= 4 is 11.6 Å². The second kappa shape index (κ2) is 4.33. The lowest BCUT2D eigenvalue weighted by Gasteiger charge is -2.18. The van der Waals surface area contributed by atoms with Gasteiger partial charge in [-0.1, -0.05) is 0 Å². The monoisotopic (exact) mass is 210 g/mol. The Balaban J connectivity index is 3.10. The minimum Gasteiger partial charge on any atom is -0.395 e. The topological polar surface area (TPSA) is 64.2 Å². The van der Waals surface area contributed by atoms with Crippen LogP contribution in [0.2, 0.25) is 0 Å². The smallest absolute Gasteiger partial charge is 0.274 e. The molecule has 1 heterocycles. The van der Waals surface area contributed by atoms with E-state index in [-0.39, 0.29) is 5.91 Å². The van der Waals surface area contributed by atoms with Gasteiger partial charge in [-0.05, 0) is 20.8 Å². The van der Waals surface area contributed by atoms with E-state index in [1.54, 1.807) is 23.6 Å². The van der Waals surface area contributed by atoms with Gasteiger partial charge in [0, 0.05) is 20.1 Å². The SMILES string of the molecule is CCN(CC)C(=O)c1c(N)c(C)nn1C. The van der Waals surface area contributed by atoms with Crippen LogP contribution >= 0.6 is 0 Å². The first kappa shape index (κ1) is 11.6. The van der Waals surface area contributed by atoms with Gasteiger partial charge >= 0.3 is 0 Å². The number of amides is 1. The lowest BCUT2D eigenvalue weighted by molar-refractivity contribution is 0.0763. The third-order valence-corrected chi connectivity index (χ3v) is 2.52. The Bertz CT molecular complexity index is 366. The van der Waals surface area contributed by atoms with E-state index in [0.717, 1.165) is 0 Å². The van der Waals surface area contributed by atoms with Gasteiger partial charge in [-0.15, -0.1) is 0 Å². The fourth-order valence-electron chi connectivity index (χ4n) is 1.59. The van der Waals surface area contributed by atoms with Gasteiger partial charge in [-0.25, -0.2) is 0 Å². The summed E-state index contributed by atoms with van der Waals surface area (Å²) in [5.74, 6) is -0.0550. The van der Waals surface area contributed by atoms with Gasteiger partial charge in [0.1, 0.15) is 5.69 Å². The van der Waals surface area contributed by atoms with Gasteiger partial charge < -0.3 is 10.6 Å². The van der Waals surface area contributed by atoms with E-state index in [4.69, 9.17) is 5.73 Å². The van der Waals surface area contributed by atoms with E-state index in [1.165, 1.54) is 0 Å². The predicted octanol–water partition coefficient (Wildman–Crippen LogP) is 0.793. The van der Waals surface area contributed by atoms with Crippen molar-refractivity contribution in [1.29, 1.82) is 0 Å². The number of nitrogen functional groups attached to an aromatic ring is 1. The molecular formula is C10H18N4O. The molecule has 1 amide bonds. The molecule has 84 valence electrons. The lowest BCUT2D eigenvalue weighted by Crippen LogP contribution is -2.32. The molecule has 0 atom stereocenters. The number of hydrogen-bond acceptors (Lipinski definition) is 3. The lowest BCUT2D eigenvalue weighted by atomic mass is 10.2. The van der Waals surface area contributed by atoms with Crippen LogP contribution in [-0.2, 0) is 7.05 Å². The van der Waals surface area contributed by atoms with Crippen LogP contribution in [0.4, 0.5) is 5.69 Å². The van der Waals surface area contributed by atoms with Crippen molar-refractivity contribution < 1.29 is 4.79 Å². The summed E-state index contributed by atoms with van der Waals surface area (Å²) in [6.07, 6.45) is 0. The molecule has 5 nitrogen and oxygen atoms in total. The normalized spacial score (nSPS) is 10.4. The second-order valence-electron chi connectivity index (χ2n) is 3.45. The Hall–Kier alpha value is -1.52. The van der Waals surface area contributed by atoms with Crippen LogP contribution < -0.4 is 5.73 Å². The first-order valence-electron chi connectivity index (χ1n) is 5.11. The molecule has 0 aromatic carbocycles. The van der Waals surface area contributed by atoms with Gasteiger partial charge in [0.05, 0.1) is 11.4 Å². The van der Waals surface area contributed by atoms with E-state index in [1.807, 2.05) is 13.8 Å². The molecule has 0 fully saturated rings. The average molecular weight is 210 g/mol. The summed E-state index contributed by atoms with van der Waals surface area (Å²) in [6, 6.07) is 0. The van der Waals surface area contributed by atoms with E-state index in [9.17, 15) is 4.79 Å². The first-order chi connectivity index (χ1) is 7.02. The maximum Gasteiger partial charge on any atom is 0.274 e. The fraction of sp³-hybridized carbons (Fsp3) is 0.600. The molecule has 0 saturated heterocycles. The summed E-state index contributed by atoms with van der Waals surface area (Å²) >= 11 is 0. The molecule has 1 aromatic rings. The standard InChI is InChI=1S/C10H18N4O/c1-5-14(6-2)10(15)9-8(11)7(3)12-13(9)4/h5-6,11H2,1-4H3. The molecule has 0 aliphatic rings. The Morgan fingerprint density at radius 2 is 2.00 bits per heavy atom. The summed E-state index contributed by atoms with van der Waals surface area (Å²) < 4.78 is 1.55. The van der Waals surface area contributed by atoms with E-state index < -0.39 is 0 Å². The van der Waals surface area contributed by atoms with E-state index in [2.05, 4.69) is 5.10 Å². The minimum atomic E-state index is -0.0550.